The Morgan fingerprint density at radius 2 is 2.33 bits per heavy atom. The van der Waals surface area contributed by atoms with Gasteiger partial charge in [-0.1, -0.05) is 0 Å². The summed E-state index contributed by atoms with van der Waals surface area (Å²) in [5, 5.41) is 8.73. The Morgan fingerprint density at radius 3 is 2.93 bits per heavy atom. The third kappa shape index (κ3) is 2.40. The van der Waals surface area contributed by atoms with Crippen LogP contribution in [-0.4, -0.2) is 11.1 Å². The van der Waals surface area contributed by atoms with Gasteiger partial charge in [0.05, 0.1) is 6.07 Å². The molecule has 1 aliphatic carbocycles. The fraction of sp³-hybridized carbons (Fsp3) is 0.583. The molecule has 1 aromatic heterocycles. The minimum atomic E-state index is 0.285. The van der Waals surface area contributed by atoms with Crippen LogP contribution in [0.25, 0.3) is 0 Å². The second-order valence-electron chi connectivity index (χ2n) is 4.57. The van der Waals surface area contributed by atoms with Gasteiger partial charge >= 0.3 is 0 Å². The average molecular weight is 203 g/mol. The summed E-state index contributed by atoms with van der Waals surface area (Å²) in [6, 6.07) is 4.41. The highest BCUT2D eigenvalue weighted by atomic mass is 15.0. The number of nitrogens with two attached hydrogens (primary N) is 1. The largest absolute Gasteiger partial charge is 0.353 e. The molecule has 0 aromatic carbocycles. The van der Waals surface area contributed by atoms with E-state index in [0.29, 0.717) is 13.0 Å². The van der Waals surface area contributed by atoms with Crippen LogP contribution in [-0.2, 0) is 13.0 Å². The van der Waals surface area contributed by atoms with Gasteiger partial charge < -0.3 is 10.3 Å². The van der Waals surface area contributed by atoms with E-state index in [4.69, 9.17) is 11.0 Å². The van der Waals surface area contributed by atoms with Crippen molar-refractivity contribution in [2.45, 2.75) is 32.2 Å². The maximum atomic E-state index is 8.73. The molecule has 1 heterocycles. The van der Waals surface area contributed by atoms with Gasteiger partial charge in [0, 0.05) is 30.8 Å². The molecule has 2 rings (SSSR count). The molecule has 3 nitrogen and oxygen atoms in total. The van der Waals surface area contributed by atoms with Crippen LogP contribution in [0.4, 0.5) is 0 Å². The lowest BCUT2D eigenvalue weighted by molar-refractivity contribution is 0.432. The fourth-order valence-corrected chi connectivity index (χ4v) is 2.03. The Kier molecular flexibility index (Phi) is 2.79. The number of hydrogen-bond acceptors (Lipinski definition) is 2. The van der Waals surface area contributed by atoms with Crippen LogP contribution < -0.4 is 5.73 Å². The Hall–Kier alpha value is -1.27. The van der Waals surface area contributed by atoms with Gasteiger partial charge in [-0.15, -0.1) is 0 Å². The Balaban J connectivity index is 1.96. The highest BCUT2D eigenvalue weighted by molar-refractivity contribution is 5.12. The van der Waals surface area contributed by atoms with Crippen molar-refractivity contribution in [2.24, 2.45) is 11.1 Å². The average Bonchev–Trinajstić information content (AvgIpc) is 2.80. The second kappa shape index (κ2) is 4.08. The zero-order valence-corrected chi connectivity index (χ0v) is 8.95. The van der Waals surface area contributed by atoms with Crippen molar-refractivity contribution in [1.82, 2.24) is 4.57 Å². The molecule has 0 saturated heterocycles. The van der Waals surface area contributed by atoms with Gasteiger partial charge in [-0.25, -0.2) is 0 Å². The van der Waals surface area contributed by atoms with E-state index in [-0.39, 0.29) is 5.41 Å². The van der Waals surface area contributed by atoms with Crippen molar-refractivity contribution in [3.8, 4) is 6.07 Å². The summed E-state index contributed by atoms with van der Waals surface area (Å²) < 4.78 is 2.20. The molecule has 2 N–H and O–H groups in total. The molecule has 0 unspecified atom stereocenters. The summed E-state index contributed by atoms with van der Waals surface area (Å²) in [7, 11) is 0. The zero-order chi connectivity index (χ0) is 10.7. The maximum absolute atomic E-state index is 8.73. The first-order chi connectivity index (χ1) is 7.28. The molecule has 0 bridgehead atoms. The van der Waals surface area contributed by atoms with Gasteiger partial charge in [0.1, 0.15) is 0 Å². The molecular formula is C12H17N3. The lowest BCUT2D eigenvalue weighted by Gasteiger charge is -2.11. The molecule has 0 atom stereocenters. The molecule has 3 heteroatoms. The van der Waals surface area contributed by atoms with Gasteiger partial charge in [-0.05, 0) is 37.4 Å². The summed E-state index contributed by atoms with van der Waals surface area (Å²) >= 11 is 0. The van der Waals surface area contributed by atoms with Crippen LogP contribution in [0, 0.1) is 16.7 Å². The van der Waals surface area contributed by atoms with Crippen LogP contribution >= 0.6 is 0 Å². The SMILES string of the molecule is N#CCC1(Cn2ccc(CCN)c2)CC1. The third-order valence-electron chi connectivity index (χ3n) is 3.17. The molecular weight excluding hydrogens is 186 g/mol. The smallest absolute Gasteiger partial charge is 0.0628 e. The molecule has 0 amide bonds. The predicted molar refractivity (Wildman–Crippen MR) is 59.1 cm³/mol. The van der Waals surface area contributed by atoms with Gasteiger partial charge in [0.15, 0.2) is 0 Å². The summed E-state index contributed by atoms with van der Waals surface area (Å²) in [5.41, 5.74) is 7.09. The minimum absolute atomic E-state index is 0.285. The number of rotatable bonds is 5. The Labute approximate surface area is 90.5 Å². The highest BCUT2D eigenvalue weighted by Crippen LogP contribution is 2.49. The van der Waals surface area contributed by atoms with Crippen molar-refractivity contribution in [3.63, 3.8) is 0 Å². The van der Waals surface area contributed by atoms with E-state index in [2.05, 4.69) is 29.1 Å². The predicted octanol–water partition coefficient (Wildman–Crippen LogP) is 1.68. The topological polar surface area (TPSA) is 54.7 Å². The van der Waals surface area contributed by atoms with E-state index < -0.39 is 0 Å². The number of hydrogen-bond donors (Lipinski definition) is 1. The van der Waals surface area contributed by atoms with Crippen molar-refractivity contribution in [3.05, 3.63) is 24.0 Å². The summed E-state index contributed by atoms with van der Waals surface area (Å²) in [6.45, 7) is 1.69. The normalized spacial score (nSPS) is 17.3. The lowest BCUT2D eigenvalue weighted by atomic mass is 10.0. The maximum Gasteiger partial charge on any atom is 0.0628 e. The van der Waals surface area contributed by atoms with Crippen molar-refractivity contribution >= 4 is 0 Å². The van der Waals surface area contributed by atoms with E-state index >= 15 is 0 Å². The number of aromatic nitrogens is 1. The molecule has 1 fully saturated rings. The summed E-state index contributed by atoms with van der Waals surface area (Å²) in [4.78, 5) is 0. The second-order valence-corrected chi connectivity index (χ2v) is 4.57. The number of nitrogens with zero attached hydrogens (tertiary/aromatic N) is 2. The first-order valence-corrected chi connectivity index (χ1v) is 5.50. The van der Waals surface area contributed by atoms with Crippen LogP contribution in [0.2, 0.25) is 0 Å². The van der Waals surface area contributed by atoms with Gasteiger partial charge in [-0.2, -0.15) is 5.26 Å². The van der Waals surface area contributed by atoms with E-state index in [9.17, 15) is 0 Å². The van der Waals surface area contributed by atoms with E-state index in [1.54, 1.807) is 0 Å². The lowest BCUT2D eigenvalue weighted by Crippen LogP contribution is -2.09. The first kappa shape index (κ1) is 10.3. The molecule has 80 valence electrons. The van der Waals surface area contributed by atoms with Crippen molar-refractivity contribution in [1.29, 1.82) is 5.26 Å². The minimum Gasteiger partial charge on any atom is -0.353 e. The molecule has 0 spiro atoms. The van der Waals surface area contributed by atoms with E-state index in [1.165, 1.54) is 18.4 Å². The van der Waals surface area contributed by atoms with Crippen LogP contribution in [0.1, 0.15) is 24.8 Å². The molecule has 1 aliphatic rings. The first-order valence-electron chi connectivity index (χ1n) is 5.50. The standard InChI is InChI=1S/C12H17N3/c13-6-1-11-2-8-15(9-11)10-12(3-4-12)5-7-14/h2,8-9H,1,3-6,10,13H2. The van der Waals surface area contributed by atoms with Gasteiger partial charge in [-0.3, -0.25) is 0 Å². The monoisotopic (exact) mass is 203 g/mol. The van der Waals surface area contributed by atoms with Crippen LogP contribution in [0.15, 0.2) is 18.5 Å². The molecule has 0 radical (unpaired) electrons. The third-order valence-corrected chi connectivity index (χ3v) is 3.17. The molecule has 1 saturated carbocycles. The molecule has 0 aliphatic heterocycles. The van der Waals surface area contributed by atoms with Crippen molar-refractivity contribution < 1.29 is 0 Å². The summed E-state index contributed by atoms with van der Waals surface area (Å²) in [5.74, 6) is 0. The van der Waals surface area contributed by atoms with Crippen LogP contribution in [0.3, 0.4) is 0 Å². The Bertz CT molecular complexity index is 368. The van der Waals surface area contributed by atoms with E-state index in [0.717, 1.165) is 13.0 Å². The Morgan fingerprint density at radius 1 is 1.53 bits per heavy atom. The summed E-state index contributed by atoms with van der Waals surface area (Å²) in [6.07, 6.45) is 8.29. The van der Waals surface area contributed by atoms with E-state index in [1.807, 2.05) is 0 Å². The van der Waals surface area contributed by atoms with Crippen molar-refractivity contribution in [2.75, 3.05) is 6.54 Å². The zero-order valence-electron chi connectivity index (χ0n) is 8.95. The van der Waals surface area contributed by atoms with Crippen LogP contribution in [0.5, 0.6) is 0 Å². The van der Waals surface area contributed by atoms with Gasteiger partial charge in [0.25, 0.3) is 0 Å². The molecule has 1 aromatic rings. The van der Waals surface area contributed by atoms with Gasteiger partial charge in [0.2, 0.25) is 0 Å². The fourth-order valence-electron chi connectivity index (χ4n) is 2.03. The quantitative estimate of drug-likeness (QED) is 0.791. The molecule has 15 heavy (non-hydrogen) atoms. The highest BCUT2D eigenvalue weighted by Gasteiger charge is 2.42. The number of nitriles is 1.